The maximum atomic E-state index is 5.54. The average Bonchev–Trinajstić information content (AvgIpc) is 2.50. The number of pyridine rings is 1. The first-order valence-electron chi connectivity index (χ1n) is 3.61. The van der Waals surface area contributed by atoms with Gasteiger partial charge >= 0.3 is 0 Å². The highest BCUT2D eigenvalue weighted by atomic mass is 14.9. The Morgan fingerprint density at radius 1 is 1.55 bits per heavy atom. The molecule has 0 saturated heterocycles. The van der Waals surface area contributed by atoms with Crippen LogP contribution >= 0.6 is 0 Å². The SMILES string of the molecule is NCc1ccnc2c1CC=N2. The van der Waals surface area contributed by atoms with E-state index in [1.807, 2.05) is 12.3 Å². The second-order valence-corrected chi connectivity index (χ2v) is 2.49. The number of hydrogen-bond donors (Lipinski definition) is 1. The van der Waals surface area contributed by atoms with Gasteiger partial charge in [-0.1, -0.05) is 0 Å². The van der Waals surface area contributed by atoms with Crippen molar-refractivity contribution in [1.82, 2.24) is 4.98 Å². The van der Waals surface area contributed by atoms with E-state index in [9.17, 15) is 0 Å². The molecule has 0 aliphatic carbocycles. The Morgan fingerprint density at radius 3 is 3.27 bits per heavy atom. The molecule has 0 amide bonds. The van der Waals surface area contributed by atoms with Gasteiger partial charge in [-0.05, 0) is 11.6 Å². The number of fused-ring (bicyclic) bond motifs is 1. The monoisotopic (exact) mass is 147 g/mol. The van der Waals surface area contributed by atoms with Crippen LogP contribution in [0.15, 0.2) is 17.3 Å². The van der Waals surface area contributed by atoms with Gasteiger partial charge in [0, 0.05) is 30.9 Å². The molecule has 1 aromatic rings. The molecule has 2 heterocycles. The van der Waals surface area contributed by atoms with E-state index in [0.29, 0.717) is 6.54 Å². The lowest BCUT2D eigenvalue weighted by molar-refractivity contribution is 1.03. The van der Waals surface area contributed by atoms with Crippen LogP contribution in [0.4, 0.5) is 5.82 Å². The Bertz CT molecular complexity index is 304. The molecular formula is C8H9N3. The van der Waals surface area contributed by atoms with Crippen LogP contribution in [0, 0.1) is 0 Å². The first kappa shape index (κ1) is 6.49. The van der Waals surface area contributed by atoms with Gasteiger partial charge < -0.3 is 5.73 Å². The van der Waals surface area contributed by atoms with Crippen molar-refractivity contribution in [2.75, 3.05) is 0 Å². The second kappa shape index (κ2) is 2.43. The maximum Gasteiger partial charge on any atom is 0.155 e. The molecule has 3 heteroatoms. The number of nitrogens with two attached hydrogens (primary N) is 1. The summed E-state index contributed by atoms with van der Waals surface area (Å²) >= 11 is 0. The molecule has 2 N–H and O–H groups in total. The normalized spacial score (nSPS) is 13.5. The molecule has 0 radical (unpaired) electrons. The average molecular weight is 147 g/mol. The van der Waals surface area contributed by atoms with E-state index in [4.69, 9.17) is 5.73 Å². The standard InChI is InChI=1S/C8H9N3/c9-5-6-1-3-10-8-7(6)2-4-11-8/h1,3-4H,2,5,9H2. The van der Waals surface area contributed by atoms with Crippen molar-refractivity contribution in [3.05, 3.63) is 23.4 Å². The third kappa shape index (κ3) is 0.935. The van der Waals surface area contributed by atoms with Crippen LogP contribution in [0.25, 0.3) is 0 Å². The highest BCUT2D eigenvalue weighted by Gasteiger charge is 2.10. The minimum atomic E-state index is 0.578. The fraction of sp³-hybridized carbons (Fsp3) is 0.250. The summed E-state index contributed by atoms with van der Waals surface area (Å²) in [6, 6.07) is 1.95. The molecule has 0 aromatic carbocycles. The highest BCUT2D eigenvalue weighted by Crippen LogP contribution is 2.23. The summed E-state index contributed by atoms with van der Waals surface area (Å²) in [5.74, 6) is 0.841. The van der Waals surface area contributed by atoms with Crippen molar-refractivity contribution in [2.45, 2.75) is 13.0 Å². The summed E-state index contributed by atoms with van der Waals surface area (Å²) in [7, 11) is 0. The molecule has 1 aromatic heterocycles. The number of aromatic nitrogens is 1. The van der Waals surface area contributed by atoms with E-state index >= 15 is 0 Å². The van der Waals surface area contributed by atoms with Crippen LogP contribution in [0.1, 0.15) is 11.1 Å². The number of rotatable bonds is 1. The highest BCUT2D eigenvalue weighted by molar-refractivity contribution is 5.74. The van der Waals surface area contributed by atoms with Gasteiger partial charge in [0.15, 0.2) is 5.82 Å². The molecule has 1 aliphatic rings. The summed E-state index contributed by atoms with van der Waals surface area (Å²) in [6.45, 7) is 0.578. The Labute approximate surface area is 65.0 Å². The van der Waals surface area contributed by atoms with Gasteiger partial charge in [0.2, 0.25) is 0 Å². The molecule has 0 spiro atoms. The fourth-order valence-corrected chi connectivity index (χ4v) is 1.27. The van der Waals surface area contributed by atoms with Crippen molar-refractivity contribution in [3.63, 3.8) is 0 Å². The maximum absolute atomic E-state index is 5.54. The fourth-order valence-electron chi connectivity index (χ4n) is 1.27. The van der Waals surface area contributed by atoms with Crippen LogP contribution in [0.3, 0.4) is 0 Å². The molecule has 0 atom stereocenters. The zero-order chi connectivity index (χ0) is 7.68. The summed E-state index contributed by atoms with van der Waals surface area (Å²) in [6.07, 6.45) is 4.51. The molecule has 3 nitrogen and oxygen atoms in total. The van der Waals surface area contributed by atoms with Gasteiger partial charge in [-0.15, -0.1) is 0 Å². The zero-order valence-electron chi connectivity index (χ0n) is 6.12. The largest absolute Gasteiger partial charge is 0.326 e. The summed E-state index contributed by atoms with van der Waals surface area (Å²) < 4.78 is 0. The molecule has 2 rings (SSSR count). The molecule has 0 fully saturated rings. The van der Waals surface area contributed by atoms with Crippen LogP contribution in [-0.4, -0.2) is 11.2 Å². The summed E-state index contributed by atoms with van der Waals surface area (Å²) in [5.41, 5.74) is 7.89. The van der Waals surface area contributed by atoms with Gasteiger partial charge in [-0.25, -0.2) is 9.98 Å². The van der Waals surface area contributed by atoms with Gasteiger partial charge in [-0.3, -0.25) is 0 Å². The molecule has 0 bridgehead atoms. The first-order valence-corrected chi connectivity index (χ1v) is 3.61. The van der Waals surface area contributed by atoms with Crippen LogP contribution < -0.4 is 5.73 Å². The topological polar surface area (TPSA) is 51.3 Å². The second-order valence-electron chi connectivity index (χ2n) is 2.49. The van der Waals surface area contributed by atoms with E-state index in [0.717, 1.165) is 17.8 Å². The van der Waals surface area contributed by atoms with Crippen molar-refractivity contribution in [1.29, 1.82) is 0 Å². The third-order valence-electron chi connectivity index (χ3n) is 1.86. The van der Waals surface area contributed by atoms with Crippen LogP contribution in [0.5, 0.6) is 0 Å². The van der Waals surface area contributed by atoms with Crippen molar-refractivity contribution < 1.29 is 0 Å². The van der Waals surface area contributed by atoms with E-state index in [1.165, 1.54) is 5.56 Å². The molecule has 0 unspecified atom stereocenters. The van der Waals surface area contributed by atoms with Gasteiger partial charge in [-0.2, -0.15) is 0 Å². The quantitative estimate of drug-likeness (QED) is 0.638. The van der Waals surface area contributed by atoms with Crippen molar-refractivity contribution in [2.24, 2.45) is 10.7 Å². The zero-order valence-corrected chi connectivity index (χ0v) is 6.12. The van der Waals surface area contributed by atoms with Crippen molar-refractivity contribution in [3.8, 4) is 0 Å². The van der Waals surface area contributed by atoms with E-state index in [1.54, 1.807) is 6.20 Å². The third-order valence-corrected chi connectivity index (χ3v) is 1.86. The van der Waals surface area contributed by atoms with Gasteiger partial charge in [0.25, 0.3) is 0 Å². The van der Waals surface area contributed by atoms with Crippen LogP contribution in [0.2, 0.25) is 0 Å². The minimum Gasteiger partial charge on any atom is -0.326 e. The smallest absolute Gasteiger partial charge is 0.155 e. The van der Waals surface area contributed by atoms with E-state index in [-0.39, 0.29) is 0 Å². The Hall–Kier alpha value is -1.22. The summed E-state index contributed by atoms with van der Waals surface area (Å²) in [5, 5.41) is 0. The number of aliphatic imine (C=N–C) groups is 1. The molecule has 1 aliphatic heterocycles. The molecule has 56 valence electrons. The van der Waals surface area contributed by atoms with Gasteiger partial charge in [0.05, 0.1) is 0 Å². The number of nitrogens with zero attached hydrogens (tertiary/aromatic N) is 2. The number of hydrogen-bond acceptors (Lipinski definition) is 3. The lowest BCUT2D eigenvalue weighted by atomic mass is 10.1. The first-order chi connectivity index (χ1) is 5.42. The van der Waals surface area contributed by atoms with E-state index < -0.39 is 0 Å². The van der Waals surface area contributed by atoms with Crippen LogP contribution in [-0.2, 0) is 13.0 Å². The lowest BCUT2D eigenvalue weighted by Gasteiger charge is -2.01. The Balaban J connectivity index is 2.55. The van der Waals surface area contributed by atoms with E-state index in [2.05, 4.69) is 9.98 Å². The van der Waals surface area contributed by atoms with Crippen molar-refractivity contribution >= 4 is 12.0 Å². The van der Waals surface area contributed by atoms with Gasteiger partial charge in [0.1, 0.15) is 0 Å². The lowest BCUT2D eigenvalue weighted by Crippen LogP contribution is -2.00. The Morgan fingerprint density at radius 2 is 2.45 bits per heavy atom. The molecular weight excluding hydrogens is 138 g/mol. The Kier molecular flexibility index (Phi) is 1.43. The predicted molar refractivity (Wildman–Crippen MR) is 44.0 cm³/mol. The summed E-state index contributed by atoms with van der Waals surface area (Å²) in [4.78, 5) is 8.23. The molecule has 11 heavy (non-hydrogen) atoms. The molecule has 0 saturated carbocycles. The minimum absolute atomic E-state index is 0.578. The predicted octanol–water partition coefficient (Wildman–Crippen LogP) is 0.799.